The Morgan fingerprint density at radius 3 is 2.73 bits per heavy atom. The predicted molar refractivity (Wildman–Crippen MR) is 105 cm³/mol. The van der Waals surface area contributed by atoms with E-state index >= 15 is 0 Å². The molecule has 0 bridgehead atoms. The first-order chi connectivity index (χ1) is 12.6. The molecule has 2 heterocycles. The van der Waals surface area contributed by atoms with E-state index in [-0.39, 0.29) is 5.78 Å². The van der Waals surface area contributed by atoms with E-state index < -0.39 is 14.1 Å². The zero-order valence-corrected chi connectivity index (χ0v) is 17.3. The molecule has 1 aliphatic heterocycles. The Morgan fingerprint density at radius 2 is 1.96 bits per heavy atom. The van der Waals surface area contributed by atoms with E-state index in [2.05, 4.69) is 10.2 Å². The molecular weight excluding hydrogens is 433 g/mol. The molecule has 0 fully saturated rings. The van der Waals surface area contributed by atoms with Gasteiger partial charge >= 0.3 is 164 Å². The van der Waals surface area contributed by atoms with Crippen molar-refractivity contribution in [3.8, 4) is 0 Å². The fourth-order valence-corrected chi connectivity index (χ4v) is 7.38. The molecule has 0 N–H and O–H groups in total. The number of hydrogen-bond donors (Lipinski definition) is 0. The average Bonchev–Trinajstić information content (AvgIpc) is 3.25. The standard InChI is InChI=1S/C18H15N3O2S2Se/c1-12-6-8-13(9-7-12)15(22)11-24-18-20-19-17(25-18)21-10-14-4-2-3-5-16(14)26(21)23/h2-9H,10-11H2,1H3. The number of aryl methyl sites for hydroxylation is 1. The molecule has 132 valence electrons. The van der Waals surface area contributed by atoms with Crippen molar-refractivity contribution in [1.82, 2.24) is 10.2 Å². The number of Topliss-reactive ketones (excluding diaryl/α,β-unsaturated/α-hetero) is 1. The van der Waals surface area contributed by atoms with Crippen LogP contribution in [0.25, 0.3) is 0 Å². The van der Waals surface area contributed by atoms with Crippen LogP contribution in [0, 0.1) is 6.92 Å². The molecule has 8 heteroatoms. The van der Waals surface area contributed by atoms with Crippen LogP contribution >= 0.6 is 23.1 Å². The number of carbonyl (C=O) groups is 1. The molecule has 0 amide bonds. The third kappa shape index (κ3) is 3.50. The Balaban J connectivity index is 1.42. The maximum atomic E-state index is 12.7. The molecule has 3 aromatic rings. The van der Waals surface area contributed by atoms with Gasteiger partial charge in [0.25, 0.3) is 0 Å². The second kappa shape index (κ2) is 7.40. The van der Waals surface area contributed by atoms with Crippen molar-refractivity contribution in [2.75, 3.05) is 9.67 Å². The summed E-state index contributed by atoms with van der Waals surface area (Å²) in [5, 5.41) is 9.00. The van der Waals surface area contributed by atoms with Crippen LogP contribution in [-0.2, 0) is 10.4 Å². The molecule has 4 rings (SSSR count). The minimum atomic E-state index is -2.30. The number of nitrogens with zero attached hydrogens (tertiary/aromatic N) is 3. The second-order valence-electron chi connectivity index (χ2n) is 5.82. The molecule has 0 aliphatic carbocycles. The molecule has 1 atom stereocenters. The Hall–Kier alpha value is -1.86. The minimum absolute atomic E-state index is 0.0652. The molecule has 1 aromatic heterocycles. The number of rotatable bonds is 5. The molecule has 0 saturated carbocycles. The first-order valence-electron chi connectivity index (χ1n) is 7.95. The van der Waals surface area contributed by atoms with Crippen molar-refractivity contribution in [2.45, 2.75) is 17.8 Å². The van der Waals surface area contributed by atoms with Gasteiger partial charge in [-0.3, -0.25) is 0 Å². The van der Waals surface area contributed by atoms with Gasteiger partial charge in [0.2, 0.25) is 0 Å². The van der Waals surface area contributed by atoms with E-state index in [1.807, 2.05) is 59.4 Å². The van der Waals surface area contributed by atoms with Gasteiger partial charge in [-0.2, -0.15) is 0 Å². The van der Waals surface area contributed by atoms with Gasteiger partial charge in [-0.1, -0.05) is 0 Å². The quantitative estimate of drug-likeness (QED) is 0.340. The summed E-state index contributed by atoms with van der Waals surface area (Å²) >= 11 is 0.459. The van der Waals surface area contributed by atoms with Crippen LogP contribution in [0.15, 0.2) is 52.9 Å². The summed E-state index contributed by atoms with van der Waals surface area (Å²) in [5.41, 5.74) is 2.92. The van der Waals surface area contributed by atoms with Gasteiger partial charge in [0.1, 0.15) is 0 Å². The van der Waals surface area contributed by atoms with Crippen molar-refractivity contribution in [2.24, 2.45) is 0 Å². The summed E-state index contributed by atoms with van der Waals surface area (Å²) in [4.78, 5) is 12.3. The molecule has 1 aliphatic rings. The predicted octanol–water partition coefficient (Wildman–Crippen LogP) is 2.97. The monoisotopic (exact) mass is 449 g/mol. The summed E-state index contributed by atoms with van der Waals surface area (Å²) < 4.78 is 16.2. The van der Waals surface area contributed by atoms with E-state index in [9.17, 15) is 8.63 Å². The van der Waals surface area contributed by atoms with Gasteiger partial charge < -0.3 is 0 Å². The fourth-order valence-electron chi connectivity index (χ4n) is 2.59. The summed E-state index contributed by atoms with van der Waals surface area (Å²) in [6.45, 7) is 2.60. The van der Waals surface area contributed by atoms with Crippen LogP contribution < -0.4 is 8.38 Å². The number of benzene rings is 2. The molecule has 2 aromatic carbocycles. The molecular formula is C18H15N3O2S2Se. The summed E-state index contributed by atoms with van der Waals surface area (Å²) in [7, 11) is 0. The number of carbonyl (C=O) groups excluding carboxylic acids is 1. The van der Waals surface area contributed by atoms with Gasteiger partial charge in [0.05, 0.1) is 0 Å². The Morgan fingerprint density at radius 1 is 1.19 bits per heavy atom. The van der Waals surface area contributed by atoms with E-state index in [4.69, 9.17) is 0 Å². The van der Waals surface area contributed by atoms with Gasteiger partial charge in [0.15, 0.2) is 0 Å². The number of ketones is 1. The third-order valence-corrected chi connectivity index (χ3v) is 9.42. The van der Waals surface area contributed by atoms with Crippen molar-refractivity contribution < 1.29 is 8.63 Å². The van der Waals surface area contributed by atoms with E-state index in [1.165, 1.54) is 23.1 Å². The number of anilines is 1. The van der Waals surface area contributed by atoms with Crippen molar-refractivity contribution >= 4 is 52.5 Å². The van der Waals surface area contributed by atoms with Gasteiger partial charge in [-0.05, 0) is 0 Å². The van der Waals surface area contributed by atoms with Crippen LogP contribution in [0.2, 0.25) is 0 Å². The fraction of sp³-hybridized carbons (Fsp3) is 0.167. The zero-order chi connectivity index (χ0) is 18.1. The summed E-state index contributed by atoms with van der Waals surface area (Å²) in [5.74, 6) is 0.380. The third-order valence-electron chi connectivity index (χ3n) is 3.98. The van der Waals surface area contributed by atoms with E-state index in [0.29, 0.717) is 23.0 Å². The second-order valence-corrected chi connectivity index (χ2v) is 10.9. The van der Waals surface area contributed by atoms with E-state index in [0.717, 1.165) is 19.9 Å². The van der Waals surface area contributed by atoms with E-state index in [1.54, 1.807) is 0 Å². The normalized spacial score (nSPS) is 15.9. The van der Waals surface area contributed by atoms with Crippen molar-refractivity contribution in [1.29, 1.82) is 0 Å². The maximum absolute atomic E-state index is 12.7. The van der Waals surface area contributed by atoms with Crippen LogP contribution in [0.4, 0.5) is 5.13 Å². The molecule has 1 unspecified atom stereocenters. The van der Waals surface area contributed by atoms with Gasteiger partial charge in [-0.25, -0.2) is 0 Å². The van der Waals surface area contributed by atoms with Crippen LogP contribution in [0.5, 0.6) is 0 Å². The average molecular weight is 448 g/mol. The number of aromatic nitrogens is 2. The molecule has 0 spiro atoms. The molecule has 0 radical (unpaired) electrons. The Bertz CT molecular complexity index is 988. The first kappa shape index (κ1) is 17.5. The number of thioether (sulfide) groups is 1. The SMILES string of the molecule is Cc1ccc(C(=O)CSc2nnc(N3Cc4ccccc4[Se]3=O)s2)cc1. The zero-order valence-electron chi connectivity index (χ0n) is 13.9. The molecule has 5 nitrogen and oxygen atoms in total. The summed E-state index contributed by atoms with van der Waals surface area (Å²) in [6.07, 6.45) is 0. The van der Waals surface area contributed by atoms with Crippen molar-refractivity contribution in [3.05, 3.63) is 65.2 Å². The first-order valence-corrected chi connectivity index (χ1v) is 12.1. The Labute approximate surface area is 163 Å². The van der Waals surface area contributed by atoms with Gasteiger partial charge in [-0.15, -0.1) is 0 Å². The molecule has 0 saturated heterocycles. The topological polar surface area (TPSA) is 63.2 Å². The number of fused-ring (bicyclic) bond motifs is 1. The number of hydrogen-bond acceptors (Lipinski definition) is 6. The Kier molecular flexibility index (Phi) is 5.00. The molecule has 26 heavy (non-hydrogen) atoms. The van der Waals surface area contributed by atoms with Gasteiger partial charge in [0, 0.05) is 0 Å². The summed E-state index contributed by atoms with van der Waals surface area (Å²) in [6, 6.07) is 15.4. The van der Waals surface area contributed by atoms with Crippen molar-refractivity contribution in [3.63, 3.8) is 0 Å². The van der Waals surface area contributed by atoms with Crippen LogP contribution in [0.3, 0.4) is 0 Å². The van der Waals surface area contributed by atoms with Crippen LogP contribution in [0.1, 0.15) is 21.5 Å². The van der Waals surface area contributed by atoms with Crippen LogP contribution in [-0.4, -0.2) is 35.8 Å².